The highest BCUT2D eigenvalue weighted by atomic mass is 32.1. The normalized spacial score (nSPS) is 11.7. The molecule has 37 heavy (non-hydrogen) atoms. The van der Waals surface area contributed by atoms with Crippen LogP contribution in [0.3, 0.4) is 0 Å². The number of hydrogen-bond donors (Lipinski definition) is 3. The number of hydrogen-bond acceptors (Lipinski definition) is 9. The van der Waals surface area contributed by atoms with Crippen LogP contribution in [0, 0.1) is 0 Å². The van der Waals surface area contributed by atoms with E-state index >= 15 is 0 Å². The first-order valence-corrected chi connectivity index (χ1v) is 12.0. The van der Waals surface area contributed by atoms with E-state index in [4.69, 9.17) is 16.2 Å². The van der Waals surface area contributed by atoms with Gasteiger partial charge in [0.1, 0.15) is 10.9 Å². The quantitative estimate of drug-likeness (QED) is 0.267. The molecule has 3 heterocycles. The largest absolute Gasteiger partial charge is 0.395 e. The Hall–Kier alpha value is -4.42. The van der Waals surface area contributed by atoms with E-state index in [0.29, 0.717) is 17.7 Å². The predicted molar refractivity (Wildman–Crippen MR) is 139 cm³/mol. The number of carbonyl (C=O) groups excluding carboxylic acids is 3. The first kappa shape index (κ1) is 25.7. The lowest BCUT2D eigenvalue weighted by molar-refractivity contribution is -0.126. The van der Waals surface area contributed by atoms with Crippen molar-refractivity contribution in [3.05, 3.63) is 82.8 Å². The summed E-state index contributed by atoms with van der Waals surface area (Å²) in [6, 6.07) is 11.5. The Bertz CT molecular complexity index is 1430. The lowest BCUT2D eigenvalue weighted by Gasteiger charge is -2.31. The van der Waals surface area contributed by atoms with Gasteiger partial charge in [-0.2, -0.15) is 4.37 Å². The summed E-state index contributed by atoms with van der Waals surface area (Å²) >= 11 is 0.755. The fourth-order valence-electron chi connectivity index (χ4n) is 3.84. The Kier molecular flexibility index (Phi) is 8.01. The van der Waals surface area contributed by atoms with Gasteiger partial charge in [0.15, 0.2) is 5.69 Å². The number of carbonyl (C=O) groups is 3. The third-order valence-electron chi connectivity index (χ3n) is 5.60. The van der Waals surface area contributed by atoms with Crippen LogP contribution in [0.2, 0.25) is 0 Å². The molecule has 3 aromatic heterocycles. The number of nitrogens with one attached hydrogen (secondary N) is 1. The number of methoxy groups -OCH3 is 1. The number of anilines is 1. The smallest absolute Gasteiger partial charge is 0.270 e. The van der Waals surface area contributed by atoms with Crippen molar-refractivity contribution in [1.29, 1.82) is 0 Å². The van der Waals surface area contributed by atoms with Gasteiger partial charge < -0.3 is 26.4 Å². The monoisotopic (exact) mass is 519 g/mol. The highest BCUT2D eigenvalue weighted by molar-refractivity contribution is 7.09. The molecule has 1 aromatic carbocycles. The van der Waals surface area contributed by atoms with E-state index in [0.717, 1.165) is 22.4 Å². The number of ether oxygens (including phenoxy) is 1. The van der Waals surface area contributed by atoms with E-state index in [1.54, 1.807) is 48.9 Å². The van der Waals surface area contributed by atoms with Crippen LogP contribution in [0.5, 0.6) is 0 Å². The fraction of sp³-hybridized carbons (Fsp3) is 0.200. The summed E-state index contributed by atoms with van der Waals surface area (Å²) in [6.07, 6.45) is 4.90. The van der Waals surface area contributed by atoms with Crippen molar-refractivity contribution in [2.45, 2.75) is 12.6 Å². The van der Waals surface area contributed by atoms with E-state index in [-0.39, 0.29) is 29.3 Å². The van der Waals surface area contributed by atoms with Crippen LogP contribution in [0.15, 0.2) is 61.1 Å². The number of primary amides is 1. The van der Waals surface area contributed by atoms with E-state index in [9.17, 15) is 14.4 Å². The van der Waals surface area contributed by atoms with Crippen LogP contribution in [-0.4, -0.2) is 57.2 Å². The van der Waals surface area contributed by atoms with Gasteiger partial charge in [0.25, 0.3) is 11.8 Å². The van der Waals surface area contributed by atoms with Crippen molar-refractivity contribution in [3.8, 4) is 0 Å². The summed E-state index contributed by atoms with van der Waals surface area (Å²) in [7, 11) is 1.53. The minimum Gasteiger partial charge on any atom is -0.395 e. The molecular formula is C25H25N7O4S. The number of nitrogens with two attached hydrogens (primary N) is 2. The van der Waals surface area contributed by atoms with Crippen LogP contribution in [-0.2, 0) is 16.1 Å². The zero-order valence-electron chi connectivity index (χ0n) is 20.0. The van der Waals surface area contributed by atoms with Crippen molar-refractivity contribution in [1.82, 2.24) is 24.6 Å². The molecule has 0 aliphatic carbocycles. The molecule has 0 saturated heterocycles. The van der Waals surface area contributed by atoms with Crippen LogP contribution in [0.25, 0.3) is 10.9 Å². The lowest BCUT2D eigenvalue weighted by Crippen LogP contribution is -2.44. The molecule has 3 amide bonds. The molecule has 4 rings (SSSR count). The summed E-state index contributed by atoms with van der Waals surface area (Å²) < 4.78 is 9.03. The van der Waals surface area contributed by atoms with Crippen molar-refractivity contribution >= 4 is 45.8 Å². The van der Waals surface area contributed by atoms with Crippen LogP contribution >= 0.6 is 11.5 Å². The number of pyridine rings is 2. The number of nitrogen functional groups attached to an aromatic ring is 1. The third-order valence-corrected chi connectivity index (χ3v) is 6.45. The molecule has 5 N–H and O–H groups in total. The number of aromatic nitrogens is 3. The Labute approximate surface area is 216 Å². The molecule has 0 unspecified atom stereocenters. The molecule has 0 aliphatic heterocycles. The Morgan fingerprint density at radius 3 is 2.68 bits per heavy atom. The molecule has 190 valence electrons. The molecule has 1 atom stereocenters. The first-order valence-electron chi connectivity index (χ1n) is 11.3. The molecule has 11 nitrogen and oxygen atoms in total. The topological polar surface area (TPSA) is 166 Å². The maximum atomic E-state index is 13.9. The van der Waals surface area contributed by atoms with E-state index < -0.39 is 23.8 Å². The van der Waals surface area contributed by atoms with Gasteiger partial charge in [-0.25, -0.2) is 0 Å². The molecular weight excluding hydrogens is 494 g/mol. The molecule has 0 fully saturated rings. The molecule has 0 aliphatic rings. The second-order valence-corrected chi connectivity index (χ2v) is 8.85. The van der Waals surface area contributed by atoms with Crippen molar-refractivity contribution in [2.75, 3.05) is 26.0 Å². The fourth-order valence-corrected chi connectivity index (χ4v) is 4.60. The van der Waals surface area contributed by atoms with Crippen molar-refractivity contribution in [2.24, 2.45) is 5.73 Å². The van der Waals surface area contributed by atoms with Gasteiger partial charge >= 0.3 is 0 Å². The maximum absolute atomic E-state index is 13.9. The highest BCUT2D eigenvalue weighted by Gasteiger charge is 2.35. The summed E-state index contributed by atoms with van der Waals surface area (Å²) in [6.45, 7) is 0.564. The molecule has 0 saturated carbocycles. The van der Waals surface area contributed by atoms with Crippen LogP contribution < -0.4 is 16.8 Å². The van der Waals surface area contributed by atoms with Gasteiger partial charge in [0.2, 0.25) is 5.91 Å². The van der Waals surface area contributed by atoms with E-state index in [1.807, 2.05) is 12.1 Å². The Balaban J connectivity index is 1.83. The average Bonchev–Trinajstić information content (AvgIpc) is 3.30. The summed E-state index contributed by atoms with van der Waals surface area (Å²) in [5.74, 6) is -1.84. The van der Waals surface area contributed by atoms with Crippen LogP contribution in [0.1, 0.15) is 37.3 Å². The van der Waals surface area contributed by atoms with E-state index in [2.05, 4.69) is 19.7 Å². The minimum atomic E-state index is -1.06. The van der Waals surface area contributed by atoms with Gasteiger partial charge in [-0.1, -0.05) is 18.2 Å². The molecule has 0 spiro atoms. The third kappa shape index (κ3) is 5.71. The average molecular weight is 520 g/mol. The van der Waals surface area contributed by atoms with Gasteiger partial charge in [-0.3, -0.25) is 24.4 Å². The Morgan fingerprint density at radius 1 is 1.16 bits per heavy atom. The summed E-state index contributed by atoms with van der Waals surface area (Å²) in [4.78, 5) is 49.1. The van der Waals surface area contributed by atoms with Gasteiger partial charge in [-0.15, -0.1) is 0 Å². The highest BCUT2D eigenvalue weighted by Crippen LogP contribution is 2.31. The standard InChI is InChI=1S/C25H25N7O4S/c1-36-11-10-30-24(34)21(17-6-7-18-16(12-17)5-3-9-29-18)32(14-15-4-2-8-28-13-15)25(35)22-19(26)20(23(27)33)31-37-22/h2-9,12-13,21H,10-11,14,26H2,1H3,(H2,27,33)(H,30,34)/t21-/m1/s1. The number of nitrogens with zero attached hydrogens (tertiary/aromatic N) is 4. The predicted octanol–water partition coefficient (Wildman–Crippen LogP) is 1.91. The molecule has 0 radical (unpaired) electrons. The first-order chi connectivity index (χ1) is 17.9. The summed E-state index contributed by atoms with van der Waals surface area (Å²) in [5, 5.41) is 3.64. The molecule has 0 bridgehead atoms. The van der Waals surface area contributed by atoms with Crippen molar-refractivity contribution < 1.29 is 19.1 Å². The maximum Gasteiger partial charge on any atom is 0.270 e. The molecule has 12 heteroatoms. The number of benzene rings is 1. The lowest BCUT2D eigenvalue weighted by atomic mass is 10.0. The minimum absolute atomic E-state index is 0.00911. The van der Waals surface area contributed by atoms with Gasteiger partial charge in [0, 0.05) is 44.2 Å². The number of fused-ring (bicyclic) bond motifs is 1. The van der Waals surface area contributed by atoms with Gasteiger partial charge in [-0.05, 0) is 46.9 Å². The second-order valence-electron chi connectivity index (χ2n) is 8.07. The molecule has 4 aromatic rings. The Morgan fingerprint density at radius 2 is 1.97 bits per heavy atom. The summed E-state index contributed by atoms with van der Waals surface area (Å²) in [5.41, 5.74) is 13.1. The number of amides is 3. The van der Waals surface area contributed by atoms with Crippen molar-refractivity contribution in [3.63, 3.8) is 0 Å². The zero-order valence-corrected chi connectivity index (χ0v) is 20.8. The van der Waals surface area contributed by atoms with Gasteiger partial charge in [0.05, 0.1) is 17.8 Å². The SMILES string of the molecule is COCCNC(=O)[C@@H](c1ccc2ncccc2c1)N(Cc1cccnc1)C(=O)c1snc(C(N)=O)c1N. The van der Waals surface area contributed by atoms with E-state index in [1.165, 1.54) is 12.0 Å². The number of rotatable bonds is 10. The van der Waals surface area contributed by atoms with Crippen LogP contribution in [0.4, 0.5) is 5.69 Å². The zero-order chi connectivity index (χ0) is 26.4. The second kappa shape index (κ2) is 11.5.